The van der Waals surface area contributed by atoms with Crippen molar-refractivity contribution in [1.82, 2.24) is 4.57 Å². The van der Waals surface area contributed by atoms with Crippen molar-refractivity contribution < 1.29 is 0 Å². The Bertz CT molecular complexity index is 864. The van der Waals surface area contributed by atoms with Gasteiger partial charge in [0.2, 0.25) is 0 Å². The van der Waals surface area contributed by atoms with E-state index in [1.165, 1.54) is 22.6 Å². The third-order valence-electron chi connectivity index (χ3n) is 4.08. The Balaban J connectivity index is 1.75. The number of nitrogens with one attached hydrogen (secondary N) is 1. The molecule has 0 atom stereocenters. The molecule has 3 aromatic rings. The van der Waals surface area contributed by atoms with Gasteiger partial charge in [-0.3, -0.25) is 9.36 Å². The number of rotatable bonds is 3. The summed E-state index contributed by atoms with van der Waals surface area (Å²) in [5.74, 6) is 0. The Labute approximate surface area is 132 Å². The van der Waals surface area contributed by atoms with Crippen molar-refractivity contribution in [3.05, 3.63) is 74.7 Å². The van der Waals surface area contributed by atoms with Crippen LogP contribution in [0.2, 0.25) is 0 Å². The Kier molecular flexibility index (Phi) is 3.31. The summed E-state index contributed by atoms with van der Waals surface area (Å²) in [5.41, 5.74) is 5.83. The van der Waals surface area contributed by atoms with Gasteiger partial charge in [-0.05, 0) is 35.2 Å². The topological polar surface area (TPSA) is 34.0 Å². The number of anilines is 1. The Morgan fingerprint density at radius 3 is 2.86 bits per heavy atom. The molecule has 0 bridgehead atoms. The van der Waals surface area contributed by atoms with Gasteiger partial charge in [0.05, 0.1) is 12.2 Å². The molecule has 2 heterocycles. The average Bonchev–Trinajstić information content (AvgIpc) is 3.15. The van der Waals surface area contributed by atoms with Gasteiger partial charge in [-0.15, -0.1) is 0 Å². The van der Waals surface area contributed by atoms with Crippen LogP contribution in [0.1, 0.15) is 11.1 Å². The van der Waals surface area contributed by atoms with Gasteiger partial charge in [0.15, 0.2) is 0 Å². The van der Waals surface area contributed by atoms with E-state index >= 15 is 0 Å². The van der Waals surface area contributed by atoms with E-state index in [0.29, 0.717) is 6.54 Å². The van der Waals surface area contributed by atoms with E-state index in [2.05, 4.69) is 35.6 Å². The van der Waals surface area contributed by atoms with Crippen LogP contribution in [0.5, 0.6) is 0 Å². The number of benzene rings is 2. The SMILES string of the molecule is O=c1scc(-c2ccc3c(c2)CCN3)n1Cc1ccccc1. The second-order valence-corrected chi connectivity index (χ2v) is 6.33. The van der Waals surface area contributed by atoms with Crippen molar-refractivity contribution in [2.45, 2.75) is 13.0 Å². The van der Waals surface area contributed by atoms with Crippen molar-refractivity contribution in [2.75, 3.05) is 11.9 Å². The van der Waals surface area contributed by atoms with Crippen molar-refractivity contribution in [1.29, 1.82) is 0 Å². The molecule has 1 aromatic heterocycles. The molecule has 2 aromatic carbocycles. The maximum atomic E-state index is 12.2. The molecular weight excluding hydrogens is 292 g/mol. The maximum Gasteiger partial charge on any atom is 0.307 e. The summed E-state index contributed by atoms with van der Waals surface area (Å²) >= 11 is 1.27. The van der Waals surface area contributed by atoms with Crippen molar-refractivity contribution in [3.63, 3.8) is 0 Å². The molecule has 0 radical (unpaired) electrons. The predicted octanol–water partition coefficient (Wildman–Crippen LogP) is 3.59. The number of hydrogen-bond acceptors (Lipinski definition) is 3. The summed E-state index contributed by atoms with van der Waals surface area (Å²) in [6.45, 7) is 1.62. The number of nitrogens with zero attached hydrogens (tertiary/aromatic N) is 1. The van der Waals surface area contributed by atoms with Gasteiger partial charge in [-0.25, -0.2) is 0 Å². The minimum Gasteiger partial charge on any atom is -0.384 e. The van der Waals surface area contributed by atoms with E-state index < -0.39 is 0 Å². The van der Waals surface area contributed by atoms with Gasteiger partial charge in [0.1, 0.15) is 0 Å². The van der Waals surface area contributed by atoms with Crippen LogP contribution in [0.3, 0.4) is 0 Å². The number of thiazole rings is 1. The van der Waals surface area contributed by atoms with E-state index in [0.717, 1.165) is 29.8 Å². The van der Waals surface area contributed by atoms with Gasteiger partial charge in [-0.2, -0.15) is 0 Å². The van der Waals surface area contributed by atoms with Gasteiger partial charge in [-0.1, -0.05) is 47.7 Å². The molecule has 0 saturated heterocycles. The first-order chi connectivity index (χ1) is 10.8. The van der Waals surface area contributed by atoms with Gasteiger partial charge >= 0.3 is 4.87 Å². The second-order valence-electron chi connectivity index (χ2n) is 5.51. The zero-order chi connectivity index (χ0) is 14.9. The van der Waals surface area contributed by atoms with Crippen LogP contribution in [0, 0.1) is 0 Å². The molecule has 3 nitrogen and oxygen atoms in total. The van der Waals surface area contributed by atoms with E-state index in [4.69, 9.17) is 0 Å². The zero-order valence-electron chi connectivity index (χ0n) is 12.1. The first-order valence-corrected chi connectivity index (χ1v) is 8.29. The lowest BCUT2D eigenvalue weighted by atomic mass is 10.1. The summed E-state index contributed by atoms with van der Waals surface area (Å²) < 4.78 is 1.87. The average molecular weight is 308 g/mol. The summed E-state index contributed by atoms with van der Waals surface area (Å²) in [7, 11) is 0. The van der Waals surface area contributed by atoms with Crippen molar-refractivity contribution in [3.8, 4) is 11.3 Å². The maximum absolute atomic E-state index is 12.2. The van der Waals surface area contributed by atoms with Crippen molar-refractivity contribution >= 4 is 17.0 Å². The van der Waals surface area contributed by atoms with Gasteiger partial charge < -0.3 is 5.32 Å². The monoisotopic (exact) mass is 308 g/mol. The van der Waals surface area contributed by atoms with Gasteiger partial charge in [0, 0.05) is 17.6 Å². The molecule has 4 rings (SSSR count). The number of hydrogen-bond donors (Lipinski definition) is 1. The molecule has 4 heteroatoms. The molecular formula is C18H16N2OS. The molecule has 0 spiro atoms. The van der Waals surface area contributed by atoms with Crippen LogP contribution in [0.4, 0.5) is 5.69 Å². The normalized spacial score (nSPS) is 12.9. The molecule has 0 fully saturated rings. The van der Waals surface area contributed by atoms with Crippen LogP contribution in [0.25, 0.3) is 11.3 Å². The second kappa shape index (κ2) is 5.46. The molecule has 0 aliphatic carbocycles. The Morgan fingerprint density at radius 2 is 2.00 bits per heavy atom. The predicted molar refractivity (Wildman–Crippen MR) is 91.8 cm³/mol. The van der Waals surface area contributed by atoms with Gasteiger partial charge in [0.25, 0.3) is 0 Å². The lowest BCUT2D eigenvalue weighted by molar-refractivity contribution is 0.792. The third kappa shape index (κ3) is 2.35. The molecule has 0 amide bonds. The number of fused-ring (bicyclic) bond motifs is 1. The first kappa shape index (κ1) is 13.3. The zero-order valence-corrected chi connectivity index (χ0v) is 12.9. The molecule has 0 saturated carbocycles. The van der Waals surface area contributed by atoms with Crippen LogP contribution >= 0.6 is 11.3 Å². The fraction of sp³-hybridized carbons (Fsp3) is 0.167. The minimum atomic E-state index is 0.0949. The minimum absolute atomic E-state index is 0.0949. The lowest BCUT2D eigenvalue weighted by Gasteiger charge is -2.09. The first-order valence-electron chi connectivity index (χ1n) is 7.41. The summed E-state index contributed by atoms with van der Waals surface area (Å²) in [4.78, 5) is 12.3. The Morgan fingerprint density at radius 1 is 1.14 bits per heavy atom. The van der Waals surface area contributed by atoms with E-state index in [9.17, 15) is 4.79 Å². The highest BCUT2D eigenvalue weighted by molar-refractivity contribution is 7.07. The molecule has 1 aliphatic heterocycles. The standard InChI is InChI=1S/C18H16N2OS/c21-18-20(11-13-4-2-1-3-5-13)17(12-22-18)15-6-7-16-14(10-15)8-9-19-16/h1-7,10,12,19H,8-9,11H2. The molecule has 110 valence electrons. The molecule has 1 aliphatic rings. The highest BCUT2D eigenvalue weighted by Crippen LogP contribution is 2.29. The summed E-state index contributed by atoms with van der Waals surface area (Å²) in [5, 5.41) is 5.34. The van der Waals surface area contributed by atoms with Crippen LogP contribution in [-0.2, 0) is 13.0 Å². The van der Waals surface area contributed by atoms with E-state index in [1.807, 2.05) is 28.1 Å². The molecule has 22 heavy (non-hydrogen) atoms. The highest BCUT2D eigenvalue weighted by Gasteiger charge is 2.14. The van der Waals surface area contributed by atoms with Crippen LogP contribution < -0.4 is 10.2 Å². The quantitative estimate of drug-likeness (QED) is 0.802. The van der Waals surface area contributed by atoms with E-state index in [-0.39, 0.29) is 4.87 Å². The third-order valence-corrected chi connectivity index (χ3v) is 4.84. The Hall–Kier alpha value is -2.33. The van der Waals surface area contributed by atoms with Crippen LogP contribution in [-0.4, -0.2) is 11.1 Å². The molecule has 0 unspecified atom stereocenters. The fourth-order valence-corrected chi connectivity index (χ4v) is 3.70. The number of aromatic nitrogens is 1. The largest absolute Gasteiger partial charge is 0.384 e. The summed E-state index contributed by atoms with van der Waals surface area (Å²) in [6.07, 6.45) is 1.05. The molecule has 1 N–H and O–H groups in total. The summed E-state index contributed by atoms with van der Waals surface area (Å²) in [6, 6.07) is 16.5. The fourth-order valence-electron chi connectivity index (χ4n) is 2.94. The highest BCUT2D eigenvalue weighted by atomic mass is 32.1. The smallest absolute Gasteiger partial charge is 0.307 e. The lowest BCUT2D eigenvalue weighted by Crippen LogP contribution is -2.15. The van der Waals surface area contributed by atoms with Crippen molar-refractivity contribution in [2.24, 2.45) is 0 Å². The van der Waals surface area contributed by atoms with Crippen LogP contribution in [0.15, 0.2) is 58.7 Å². The van der Waals surface area contributed by atoms with E-state index in [1.54, 1.807) is 0 Å².